The normalized spacial score (nSPS) is 13.7. The Morgan fingerprint density at radius 2 is 1.93 bits per heavy atom. The molecule has 3 aromatic rings. The van der Waals surface area contributed by atoms with Gasteiger partial charge in [0, 0.05) is 37.8 Å². The maximum Gasteiger partial charge on any atom is 0.221 e. The number of halogens is 2. The zero-order valence-electron chi connectivity index (χ0n) is 16.1. The number of rotatable bonds is 10. The molecule has 11 heteroatoms. The highest BCUT2D eigenvalue weighted by Gasteiger charge is 2.35. The maximum atomic E-state index is 14.4. The lowest BCUT2D eigenvalue weighted by atomic mass is 9.98. The molecule has 0 aliphatic rings. The first kappa shape index (κ1) is 21.0. The molecule has 29 heavy (non-hydrogen) atoms. The third kappa shape index (κ3) is 4.63. The number of ether oxygens (including phenoxy) is 2. The summed E-state index contributed by atoms with van der Waals surface area (Å²) in [5, 5.41) is 19.5. The minimum Gasteiger partial charge on any atom is -0.365 e. The number of hydrogen-bond donors (Lipinski definition) is 1. The van der Waals surface area contributed by atoms with E-state index in [1.54, 1.807) is 0 Å². The fourth-order valence-electron chi connectivity index (χ4n) is 2.88. The number of aryl methyl sites for hydroxylation is 1. The molecule has 156 valence electrons. The van der Waals surface area contributed by atoms with Gasteiger partial charge in [-0.05, 0) is 26.0 Å². The number of nitrogens with zero attached hydrogens (tertiary/aromatic N) is 6. The highest BCUT2D eigenvalue weighted by atomic mass is 19.1. The third-order valence-corrected chi connectivity index (χ3v) is 4.25. The zero-order chi connectivity index (χ0) is 20.9. The van der Waals surface area contributed by atoms with Crippen molar-refractivity contribution in [3.8, 4) is 0 Å². The molecular formula is C18H22F2N6O3. The third-order valence-electron chi connectivity index (χ3n) is 4.25. The van der Waals surface area contributed by atoms with Gasteiger partial charge >= 0.3 is 0 Å². The van der Waals surface area contributed by atoms with Crippen molar-refractivity contribution < 1.29 is 23.4 Å². The van der Waals surface area contributed by atoms with Gasteiger partial charge in [-0.1, -0.05) is 0 Å². The Morgan fingerprint density at radius 3 is 2.55 bits per heavy atom. The van der Waals surface area contributed by atoms with Crippen molar-refractivity contribution in [1.82, 2.24) is 29.5 Å². The second-order valence-electron chi connectivity index (χ2n) is 6.14. The van der Waals surface area contributed by atoms with Crippen molar-refractivity contribution in [2.75, 3.05) is 13.2 Å². The fraction of sp³-hybridized carbons (Fsp3) is 0.444. The van der Waals surface area contributed by atoms with Crippen molar-refractivity contribution in [2.24, 2.45) is 0 Å². The van der Waals surface area contributed by atoms with Gasteiger partial charge in [0.05, 0.1) is 0 Å². The Kier molecular flexibility index (Phi) is 6.62. The van der Waals surface area contributed by atoms with E-state index in [9.17, 15) is 13.9 Å². The van der Waals surface area contributed by atoms with Gasteiger partial charge in [0.25, 0.3) is 0 Å². The molecule has 0 aliphatic carbocycles. The summed E-state index contributed by atoms with van der Waals surface area (Å²) < 4.78 is 41.3. The standard InChI is InChI=1S/C18H22F2N6O3/c1-3-28-17(29-4-2)16-22-12-25(24-16)8-7-18(27,26-11-21-10-23-26)14-6-5-13(19)9-15(14)20/h5-6,9-12,17,27H,3-4,7-8H2,1-2H3. The summed E-state index contributed by atoms with van der Waals surface area (Å²) >= 11 is 0. The van der Waals surface area contributed by atoms with Gasteiger partial charge in [0.15, 0.2) is 5.72 Å². The predicted octanol–water partition coefficient (Wildman–Crippen LogP) is 2.00. The lowest BCUT2D eigenvalue weighted by molar-refractivity contribution is -0.145. The predicted molar refractivity (Wildman–Crippen MR) is 96.3 cm³/mol. The van der Waals surface area contributed by atoms with Gasteiger partial charge < -0.3 is 14.6 Å². The first-order chi connectivity index (χ1) is 14.0. The lowest BCUT2D eigenvalue weighted by Gasteiger charge is -2.29. The molecule has 0 spiro atoms. The Morgan fingerprint density at radius 1 is 1.17 bits per heavy atom. The molecule has 2 heterocycles. The minimum atomic E-state index is -1.90. The first-order valence-electron chi connectivity index (χ1n) is 9.13. The van der Waals surface area contributed by atoms with E-state index in [0.29, 0.717) is 25.1 Å². The molecule has 1 aromatic carbocycles. The van der Waals surface area contributed by atoms with E-state index in [1.807, 2.05) is 13.8 Å². The Labute approximate surface area is 165 Å². The second kappa shape index (κ2) is 9.16. The molecule has 0 aliphatic heterocycles. The van der Waals surface area contributed by atoms with Gasteiger partial charge in [-0.15, -0.1) is 0 Å². The van der Waals surface area contributed by atoms with Crippen LogP contribution in [0.4, 0.5) is 8.78 Å². The van der Waals surface area contributed by atoms with Crippen LogP contribution in [0.5, 0.6) is 0 Å². The van der Waals surface area contributed by atoms with E-state index in [4.69, 9.17) is 9.47 Å². The van der Waals surface area contributed by atoms with Crippen LogP contribution in [0.1, 0.15) is 37.9 Å². The zero-order valence-corrected chi connectivity index (χ0v) is 16.1. The quantitative estimate of drug-likeness (QED) is 0.512. The lowest BCUT2D eigenvalue weighted by Crippen LogP contribution is -2.37. The van der Waals surface area contributed by atoms with Crippen LogP contribution in [0, 0.1) is 11.6 Å². The highest BCUT2D eigenvalue weighted by molar-refractivity contribution is 5.25. The highest BCUT2D eigenvalue weighted by Crippen LogP contribution is 2.29. The Bertz CT molecular complexity index is 914. The molecule has 0 amide bonds. The number of hydrogen-bond acceptors (Lipinski definition) is 7. The summed E-state index contributed by atoms with van der Waals surface area (Å²) in [5.41, 5.74) is -2.04. The molecule has 1 N–H and O–H groups in total. The summed E-state index contributed by atoms with van der Waals surface area (Å²) in [6.07, 6.45) is 3.21. The second-order valence-corrected chi connectivity index (χ2v) is 6.14. The van der Waals surface area contributed by atoms with Crippen LogP contribution >= 0.6 is 0 Å². The van der Waals surface area contributed by atoms with E-state index in [2.05, 4.69) is 20.2 Å². The summed E-state index contributed by atoms with van der Waals surface area (Å²) in [7, 11) is 0. The molecule has 0 fully saturated rings. The van der Waals surface area contributed by atoms with Crippen molar-refractivity contribution >= 4 is 0 Å². The molecular weight excluding hydrogens is 386 g/mol. The summed E-state index contributed by atoms with van der Waals surface area (Å²) in [6, 6.07) is 2.96. The largest absolute Gasteiger partial charge is 0.365 e. The van der Waals surface area contributed by atoms with Gasteiger partial charge in [0.2, 0.25) is 12.1 Å². The van der Waals surface area contributed by atoms with Gasteiger partial charge in [-0.2, -0.15) is 10.2 Å². The van der Waals surface area contributed by atoms with Crippen LogP contribution in [0.15, 0.2) is 37.2 Å². The number of aliphatic hydroxyl groups is 1. The van der Waals surface area contributed by atoms with E-state index < -0.39 is 23.6 Å². The smallest absolute Gasteiger partial charge is 0.221 e. The maximum absolute atomic E-state index is 14.4. The van der Waals surface area contributed by atoms with Crippen molar-refractivity contribution in [2.45, 2.75) is 38.8 Å². The Hall–Kier alpha value is -2.76. The van der Waals surface area contributed by atoms with E-state index in [1.165, 1.54) is 29.7 Å². The summed E-state index contributed by atoms with van der Waals surface area (Å²) in [5.74, 6) is -1.30. The monoisotopic (exact) mass is 408 g/mol. The van der Waals surface area contributed by atoms with Crippen LogP contribution in [0.25, 0.3) is 0 Å². The molecule has 2 aromatic heterocycles. The van der Waals surface area contributed by atoms with Crippen LogP contribution in [0.3, 0.4) is 0 Å². The van der Waals surface area contributed by atoms with E-state index in [-0.39, 0.29) is 18.5 Å². The molecule has 1 unspecified atom stereocenters. The van der Waals surface area contributed by atoms with E-state index >= 15 is 0 Å². The van der Waals surface area contributed by atoms with Gasteiger partial charge in [-0.25, -0.2) is 23.4 Å². The van der Waals surface area contributed by atoms with Gasteiger partial charge in [0.1, 0.15) is 30.6 Å². The molecule has 0 saturated heterocycles. The molecule has 0 saturated carbocycles. The number of benzene rings is 1. The van der Waals surface area contributed by atoms with Crippen molar-refractivity contribution in [3.63, 3.8) is 0 Å². The molecule has 1 atom stereocenters. The molecule has 3 rings (SSSR count). The number of aromatic nitrogens is 6. The summed E-state index contributed by atoms with van der Waals surface area (Å²) in [6.45, 7) is 4.67. The molecule has 0 radical (unpaired) electrons. The Balaban J connectivity index is 1.83. The topological polar surface area (TPSA) is 100 Å². The SMILES string of the molecule is CCOC(OCC)c1ncn(CCC(O)(c2ccc(F)cc2F)n2cncn2)n1. The molecule has 0 bridgehead atoms. The average molecular weight is 408 g/mol. The first-order valence-corrected chi connectivity index (χ1v) is 9.13. The summed E-state index contributed by atoms with van der Waals surface area (Å²) in [4.78, 5) is 7.99. The van der Waals surface area contributed by atoms with Crippen molar-refractivity contribution in [1.29, 1.82) is 0 Å². The van der Waals surface area contributed by atoms with Crippen LogP contribution < -0.4 is 0 Å². The van der Waals surface area contributed by atoms with Crippen LogP contribution in [-0.2, 0) is 21.7 Å². The molecule has 9 nitrogen and oxygen atoms in total. The van der Waals surface area contributed by atoms with Crippen LogP contribution in [0.2, 0.25) is 0 Å². The van der Waals surface area contributed by atoms with Crippen LogP contribution in [-0.4, -0.2) is 47.8 Å². The van der Waals surface area contributed by atoms with Crippen molar-refractivity contribution in [3.05, 3.63) is 60.2 Å². The average Bonchev–Trinajstić information content (AvgIpc) is 3.38. The minimum absolute atomic E-state index is 0.0321. The van der Waals surface area contributed by atoms with Gasteiger partial charge in [-0.3, -0.25) is 4.68 Å². The van der Waals surface area contributed by atoms with E-state index in [0.717, 1.165) is 10.7 Å². The fourth-order valence-corrected chi connectivity index (χ4v) is 2.88.